The number of pyridine rings is 1. The van der Waals surface area contributed by atoms with E-state index in [1.165, 1.54) is 0 Å². The first-order valence-corrected chi connectivity index (χ1v) is 6.37. The number of aromatic nitrogens is 1. The lowest BCUT2D eigenvalue weighted by Crippen LogP contribution is -1.96. The molecule has 0 saturated carbocycles. The zero-order valence-corrected chi connectivity index (χ0v) is 11.8. The van der Waals surface area contributed by atoms with Crippen molar-refractivity contribution in [3.8, 4) is 5.75 Å². The van der Waals surface area contributed by atoms with E-state index in [2.05, 4.69) is 20.9 Å². The van der Waals surface area contributed by atoms with Crippen molar-refractivity contribution in [1.82, 2.24) is 4.98 Å². The Hall–Kier alpha value is -0.770. The zero-order chi connectivity index (χ0) is 12.3. The minimum absolute atomic E-state index is 0.383. The minimum Gasteiger partial charge on any atom is -0.487 e. The third-order valence-corrected chi connectivity index (χ3v) is 3.14. The SMILES string of the molecule is Clc1cncc(OCc2ccc(Br)cc2Cl)c1. The van der Waals surface area contributed by atoms with Crippen molar-refractivity contribution in [3.05, 3.63) is 56.7 Å². The quantitative estimate of drug-likeness (QED) is 0.810. The van der Waals surface area contributed by atoms with Crippen molar-refractivity contribution in [3.63, 3.8) is 0 Å². The molecule has 0 spiro atoms. The highest BCUT2D eigenvalue weighted by atomic mass is 79.9. The molecule has 2 aromatic rings. The highest BCUT2D eigenvalue weighted by Crippen LogP contribution is 2.23. The van der Waals surface area contributed by atoms with Gasteiger partial charge >= 0.3 is 0 Å². The van der Waals surface area contributed by atoms with Crippen LogP contribution in [0, 0.1) is 0 Å². The van der Waals surface area contributed by atoms with E-state index in [0.717, 1.165) is 10.0 Å². The Morgan fingerprint density at radius 3 is 2.71 bits per heavy atom. The second-order valence-electron chi connectivity index (χ2n) is 3.36. The smallest absolute Gasteiger partial charge is 0.139 e. The lowest BCUT2D eigenvalue weighted by atomic mass is 10.2. The van der Waals surface area contributed by atoms with Crippen molar-refractivity contribution in [2.45, 2.75) is 6.61 Å². The largest absolute Gasteiger partial charge is 0.487 e. The van der Waals surface area contributed by atoms with Crippen LogP contribution in [-0.2, 0) is 6.61 Å². The van der Waals surface area contributed by atoms with E-state index in [4.69, 9.17) is 27.9 Å². The highest BCUT2D eigenvalue weighted by Gasteiger charge is 2.02. The van der Waals surface area contributed by atoms with Crippen LogP contribution in [0.1, 0.15) is 5.56 Å². The molecule has 0 radical (unpaired) electrons. The molecule has 0 aliphatic carbocycles. The minimum atomic E-state index is 0.383. The van der Waals surface area contributed by atoms with E-state index in [1.807, 2.05) is 18.2 Å². The molecule has 0 amide bonds. The Kier molecular flexibility index (Phi) is 4.26. The summed E-state index contributed by atoms with van der Waals surface area (Å²) in [6, 6.07) is 7.36. The van der Waals surface area contributed by atoms with Crippen molar-refractivity contribution in [2.75, 3.05) is 0 Å². The summed E-state index contributed by atoms with van der Waals surface area (Å²) >= 11 is 15.2. The topological polar surface area (TPSA) is 22.1 Å². The van der Waals surface area contributed by atoms with Gasteiger partial charge in [-0.3, -0.25) is 4.98 Å². The fourth-order valence-corrected chi connectivity index (χ4v) is 2.16. The maximum Gasteiger partial charge on any atom is 0.139 e. The van der Waals surface area contributed by atoms with Gasteiger partial charge in [-0.05, 0) is 12.1 Å². The molecule has 0 atom stereocenters. The van der Waals surface area contributed by atoms with Crippen molar-refractivity contribution >= 4 is 39.1 Å². The molecule has 1 heterocycles. The summed E-state index contributed by atoms with van der Waals surface area (Å²) in [4.78, 5) is 3.94. The van der Waals surface area contributed by atoms with Crippen molar-refractivity contribution in [2.24, 2.45) is 0 Å². The van der Waals surface area contributed by atoms with Crippen LogP contribution in [-0.4, -0.2) is 4.98 Å². The van der Waals surface area contributed by atoms with Gasteiger partial charge in [0.15, 0.2) is 0 Å². The van der Waals surface area contributed by atoms with Gasteiger partial charge in [0, 0.05) is 27.3 Å². The average molecular weight is 333 g/mol. The van der Waals surface area contributed by atoms with Crippen LogP contribution in [0.3, 0.4) is 0 Å². The van der Waals surface area contributed by atoms with Gasteiger partial charge in [0.25, 0.3) is 0 Å². The molecule has 5 heteroatoms. The lowest BCUT2D eigenvalue weighted by Gasteiger charge is -2.07. The predicted molar refractivity (Wildman–Crippen MR) is 72.7 cm³/mol. The molecular weight excluding hydrogens is 325 g/mol. The second-order valence-corrected chi connectivity index (χ2v) is 5.12. The number of benzene rings is 1. The van der Waals surface area contributed by atoms with Gasteiger partial charge in [0.1, 0.15) is 12.4 Å². The van der Waals surface area contributed by atoms with Crippen LogP contribution in [0.5, 0.6) is 5.75 Å². The average Bonchev–Trinajstić information content (AvgIpc) is 2.28. The van der Waals surface area contributed by atoms with Gasteiger partial charge in [0.05, 0.1) is 11.2 Å². The molecule has 2 rings (SSSR count). The molecule has 0 saturated heterocycles. The molecule has 1 aromatic heterocycles. The van der Waals surface area contributed by atoms with Gasteiger partial charge in [-0.15, -0.1) is 0 Å². The van der Waals surface area contributed by atoms with E-state index < -0.39 is 0 Å². The fraction of sp³-hybridized carbons (Fsp3) is 0.0833. The summed E-state index contributed by atoms with van der Waals surface area (Å²) in [7, 11) is 0. The Morgan fingerprint density at radius 2 is 2.00 bits per heavy atom. The highest BCUT2D eigenvalue weighted by molar-refractivity contribution is 9.10. The summed E-state index contributed by atoms with van der Waals surface area (Å²) in [5, 5.41) is 1.21. The molecule has 0 aliphatic heterocycles. The zero-order valence-electron chi connectivity index (χ0n) is 8.66. The number of rotatable bonds is 3. The van der Waals surface area contributed by atoms with Gasteiger partial charge in [0.2, 0.25) is 0 Å². The fourth-order valence-electron chi connectivity index (χ4n) is 1.27. The van der Waals surface area contributed by atoms with Gasteiger partial charge < -0.3 is 4.74 Å². The lowest BCUT2D eigenvalue weighted by molar-refractivity contribution is 0.305. The standard InChI is InChI=1S/C12H8BrCl2NO/c13-9-2-1-8(12(15)3-9)7-17-11-4-10(14)5-16-6-11/h1-6H,7H2. The number of hydrogen-bond acceptors (Lipinski definition) is 2. The summed E-state index contributed by atoms with van der Waals surface area (Å²) in [6.07, 6.45) is 3.17. The molecular formula is C12H8BrCl2NO. The van der Waals surface area contributed by atoms with E-state index >= 15 is 0 Å². The molecule has 0 fully saturated rings. The van der Waals surface area contributed by atoms with Crippen molar-refractivity contribution < 1.29 is 4.74 Å². The Morgan fingerprint density at radius 1 is 1.18 bits per heavy atom. The second kappa shape index (κ2) is 5.71. The molecule has 0 aliphatic rings. The third kappa shape index (κ3) is 3.60. The van der Waals surface area contributed by atoms with Crippen LogP contribution >= 0.6 is 39.1 Å². The Balaban J connectivity index is 2.07. The first-order chi connectivity index (χ1) is 8.15. The van der Waals surface area contributed by atoms with Crippen LogP contribution in [0.4, 0.5) is 0 Å². The molecule has 1 aromatic carbocycles. The molecule has 0 unspecified atom stereocenters. The number of halogens is 3. The van der Waals surface area contributed by atoms with Gasteiger partial charge in [-0.25, -0.2) is 0 Å². The van der Waals surface area contributed by atoms with Crippen LogP contribution in [0.15, 0.2) is 41.1 Å². The van der Waals surface area contributed by atoms with E-state index in [9.17, 15) is 0 Å². The van der Waals surface area contributed by atoms with Crippen LogP contribution < -0.4 is 4.74 Å². The number of hydrogen-bond donors (Lipinski definition) is 0. The predicted octanol–water partition coefficient (Wildman–Crippen LogP) is 4.73. The van der Waals surface area contributed by atoms with E-state index in [-0.39, 0.29) is 0 Å². The molecule has 0 N–H and O–H groups in total. The van der Waals surface area contributed by atoms with Crippen LogP contribution in [0.25, 0.3) is 0 Å². The molecule has 2 nitrogen and oxygen atoms in total. The molecule has 88 valence electrons. The molecule has 17 heavy (non-hydrogen) atoms. The third-order valence-electron chi connectivity index (χ3n) is 2.09. The first kappa shape index (κ1) is 12.7. The number of nitrogens with zero attached hydrogens (tertiary/aromatic N) is 1. The Bertz CT molecular complexity index is 534. The van der Waals surface area contributed by atoms with Gasteiger partial charge in [-0.2, -0.15) is 0 Å². The molecule has 0 bridgehead atoms. The summed E-state index contributed by atoms with van der Waals surface area (Å²) in [6.45, 7) is 0.383. The monoisotopic (exact) mass is 331 g/mol. The number of ether oxygens (including phenoxy) is 1. The first-order valence-electron chi connectivity index (χ1n) is 4.82. The van der Waals surface area contributed by atoms with E-state index in [0.29, 0.717) is 22.4 Å². The summed E-state index contributed by atoms with van der Waals surface area (Å²) in [5.74, 6) is 0.622. The maximum atomic E-state index is 6.08. The normalized spacial score (nSPS) is 10.3. The van der Waals surface area contributed by atoms with Gasteiger partial charge in [-0.1, -0.05) is 45.2 Å². The van der Waals surface area contributed by atoms with Crippen molar-refractivity contribution in [1.29, 1.82) is 0 Å². The Labute approximate surface area is 118 Å². The maximum absolute atomic E-state index is 6.08. The van der Waals surface area contributed by atoms with Crippen LogP contribution in [0.2, 0.25) is 10.0 Å². The van der Waals surface area contributed by atoms with E-state index in [1.54, 1.807) is 18.5 Å². The summed E-state index contributed by atoms with van der Waals surface area (Å²) in [5.41, 5.74) is 0.912. The summed E-state index contributed by atoms with van der Waals surface area (Å²) < 4.78 is 6.49.